The summed E-state index contributed by atoms with van der Waals surface area (Å²) in [6.45, 7) is 2.37. The second kappa shape index (κ2) is 6.27. The molecule has 0 spiro atoms. The molecule has 2 rings (SSSR count). The minimum absolute atomic E-state index is 0.924. The number of hydrogen-bond donors (Lipinski definition) is 0. The molecule has 0 radical (unpaired) electrons. The molecule has 1 fully saturated rings. The van der Waals surface area contributed by atoms with Crippen LogP contribution in [0.1, 0.15) is 64.7 Å². The van der Waals surface area contributed by atoms with Gasteiger partial charge in [-0.1, -0.05) is 56.4 Å². The van der Waals surface area contributed by atoms with Crippen molar-refractivity contribution >= 4 is 0 Å². The van der Waals surface area contributed by atoms with E-state index in [9.17, 15) is 0 Å². The maximum absolute atomic E-state index is 2.44. The molecule has 0 heteroatoms. The molecular weight excluding hydrogens is 192 g/mol. The Morgan fingerprint density at radius 3 is 2.88 bits per heavy atom. The van der Waals surface area contributed by atoms with Crippen molar-refractivity contribution in [1.82, 2.24) is 0 Å². The number of rotatable bonds is 1. The second-order valence-electron chi connectivity index (χ2n) is 5.47. The van der Waals surface area contributed by atoms with Gasteiger partial charge in [-0.25, -0.2) is 0 Å². The van der Waals surface area contributed by atoms with E-state index in [2.05, 4.69) is 25.2 Å². The fourth-order valence-corrected chi connectivity index (χ4v) is 3.43. The van der Waals surface area contributed by atoms with Gasteiger partial charge in [-0.05, 0) is 43.9 Å². The van der Waals surface area contributed by atoms with E-state index in [-0.39, 0.29) is 0 Å². The lowest BCUT2D eigenvalue weighted by Crippen LogP contribution is -2.08. The van der Waals surface area contributed by atoms with Crippen LogP contribution in [0.25, 0.3) is 0 Å². The zero-order chi connectivity index (χ0) is 11.2. The summed E-state index contributed by atoms with van der Waals surface area (Å²) in [7, 11) is 0. The molecule has 0 saturated heterocycles. The van der Waals surface area contributed by atoms with Crippen LogP contribution in [0.4, 0.5) is 0 Å². The molecule has 1 saturated carbocycles. The van der Waals surface area contributed by atoms with Crippen molar-refractivity contribution in [2.24, 2.45) is 11.8 Å². The molecule has 0 aliphatic heterocycles. The summed E-state index contributed by atoms with van der Waals surface area (Å²) in [6.07, 6.45) is 19.8. The molecule has 2 unspecified atom stereocenters. The van der Waals surface area contributed by atoms with Crippen molar-refractivity contribution in [3.8, 4) is 0 Å². The third-order valence-corrected chi connectivity index (χ3v) is 4.46. The van der Waals surface area contributed by atoms with Gasteiger partial charge in [-0.3, -0.25) is 0 Å². The van der Waals surface area contributed by atoms with Crippen molar-refractivity contribution in [1.29, 1.82) is 0 Å². The van der Waals surface area contributed by atoms with Gasteiger partial charge in [0.25, 0.3) is 0 Å². The molecule has 2 atom stereocenters. The Morgan fingerprint density at radius 2 is 2.00 bits per heavy atom. The molecule has 0 aromatic heterocycles. The van der Waals surface area contributed by atoms with Crippen LogP contribution in [0.3, 0.4) is 0 Å². The van der Waals surface area contributed by atoms with Crippen LogP contribution in [-0.4, -0.2) is 0 Å². The molecule has 2 aliphatic carbocycles. The van der Waals surface area contributed by atoms with Gasteiger partial charge in [0.1, 0.15) is 0 Å². The van der Waals surface area contributed by atoms with Crippen molar-refractivity contribution in [2.45, 2.75) is 64.7 Å². The first-order chi connectivity index (χ1) is 7.92. The predicted octanol–water partition coefficient (Wildman–Crippen LogP) is 5.26. The summed E-state index contributed by atoms with van der Waals surface area (Å²) in [6, 6.07) is 0. The minimum atomic E-state index is 0.924. The van der Waals surface area contributed by atoms with E-state index < -0.39 is 0 Å². The van der Waals surface area contributed by atoms with E-state index in [1.165, 1.54) is 57.8 Å². The number of fused-ring (bicyclic) bond motifs is 1. The van der Waals surface area contributed by atoms with Crippen LogP contribution >= 0.6 is 0 Å². The van der Waals surface area contributed by atoms with Crippen LogP contribution in [0.5, 0.6) is 0 Å². The topological polar surface area (TPSA) is 0 Å². The average molecular weight is 218 g/mol. The standard InChI is InChI=1S/C16H26/c1-2-14-12-13-15-10-8-6-4-3-5-7-9-11-16(14)15/h6,8,10,14,16H,2-5,7,9,11-13H2,1H3. The Bertz CT molecular complexity index is 259. The Morgan fingerprint density at radius 1 is 1.12 bits per heavy atom. The summed E-state index contributed by atoms with van der Waals surface area (Å²) in [4.78, 5) is 0. The zero-order valence-electron chi connectivity index (χ0n) is 10.8. The molecule has 0 amide bonds. The highest BCUT2D eigenvalue weighted by Gasteiger charge is 2.29. The first-order valence-electron chi connectivity index (χ1n) is 7.27. The molecule has 0 bridgehead atoms. The van der Waals surface area contributed by atoms with Crippen LogP contribution < -0.4 is 0 Å². The largest absolute Gasteiger partial charge is 0.0845 e. The van der Waals surface area contributed by atoms with Crippen LogP contribution in [0, 0.1) is 11.8 Å². The summed E-state index contributed by atoms with van der Waals surface area (Å²) < 4.78 is 0. The summed E-state index contributed by atoms with van der Waals surface area (Å²) in [5, 5.41) is 0. The molecule has 0 aromatic carbocycles. The van der Waals surface area contributed by atoms with Gasteiger partial charge < -0.3 is 0 Å². The Labute approximate surface area is 101 Å². The maximum Gasteiger partial charge on any atom is -0.0172 e. The van der Waals surface area contributed by atoms with E-state index in [1.54, 1.807) is 5.57 Å². The molecule has 90 valence electrons. The highest BCUT2D eigenvalue weighted by atomic mass is 14.3. The van der Waals surface area contributed by atoms with Crippen molar-refractivity contribution in [3.05, 3.63) is 23.8 Å². The van der Waals surface area contributed by atoms with Gasteiger partial charge in [0.05, 0.1) is 0 Å². The fourth-order valence-electron chi connectivity index (χ4n) is 3.43. The molecule has 2 aliphatic rings. The average Bonchev–Trinajstić information content (AvgIpc) is 2.66. The van der Waals surface area contributed by atoms with Crippen LogP contribution in [0.2, 0.25) is 0 Å². The first kappa shape index (κ1) is 12.0. The molecule has 0 nitrogen and oxygen atoms in total. The Kier molecular flexibility index (Phi) is 4.69. The minimum Gasteiger partial charge on any atom is -0.0845 e. The van der Waals surface area contributed by atoms with E-state index in [0.717, 1.165) is 11.8 Å². The van der Waals surface area contributed by atoms with Gasteiger partial charge in [-0.2, -0.15) is 0 Å². The third-order valence-electron chi connectivity index (χ3n) is 4.46. The van der Waals surface area contributed by atoms with E-state index in [1.807, 2.05) is 0 Å². The molecular formula is C16H26. The maximum atomic E-state index is 2.44. The van der Waals surface area contributed by atoms with Crippen molar-refractivity contribution < 1.29 is 0 Å². The molecule has 0 N–H and O–H groups in total. The SMILES string of the molecule is CCC1CCC2=CC=CCCCCCCC21. The molecule has 16 heavy (non-hydrogen) atoms. The molecule has 0 aromatic rings. The van der Waals surface area contributed by atoms with E-state index in [0.29, 0.717) is 0 Å². The van der Waals surface area contributed by atoms with Crippen LogP contribution in [0.15, 0.2) is 23.8 Å². The normalized spacial score (nSPS) is 31.7. The van der Waals surface area contributed by atoms with Gasteiger partial charge in [0, 0.05) is 0 Å². The number of hydrogen-bond acceptors (Lipinski definition) is 0. The van der Waals surface area contributed by atoms with Gasteiger partial charge in [0.2, 0.25) is 0 Å². The second-order valence-corrected chi connectivity index (χ2v) is 5.47. The first-order valence-corrected chi connectivity index (χ1v) is 7.27. The lowest BCUT2D eigenvalue weighted by atomic mass is 9.86. The van der Waals surface area contributed by atoms with Crippen LogP contribution in [-0.2, 0) is 0 Å². The summed E-state index contributed by atoms with van der Waals surface area (Å²) >= 11 is 0. The van der Waals surface area contributed by atoms with Gasteiger partial charge >= 0.3 is 0 Å². The fraction of sp³-hybridized carbons (Fsp3) is 0.750. The lowest BCUT2D eigenvalue weighted by molar-refractivity contribution is 0.374. The van der Waals surface area contributed by atoms with E-state index in [4.69, 9.17) is 0 Å². The van der Waals surface area contributed by atoms with Gasteiger partial charge in [0.15, 0.2) is 0 Å². The monoisotopic (exact) mass is 218 g/mol. The van der Waals surface area contributed by atoms with Gasteiger partial charge in [-0.15, -0.1) is 0 Å². The highest BCUT2D eigenvalue weighted by Crippen LogP contribution is 2.41. The summed E-state index contributed by atoms with van der Waals surface area (Å²) in [5.41, 5.74) is 1.75. The Hall–Kier alpha value is -0.520. The smallest absolute Gasteiger partial charge is 0.0172 e. The summed E-state index contributed by atoms with van der Waals surface area (Å²) in [5.74, 6) is 1.91. The number of allylic oxidation sites excluding steroid dienone is 4. The highest BCUT2D eigenvalue weighted by molar-refractivity contribution is 5.19. The lowest BCUT2D eigenvalue weighted by Gasteiger charge is -2.19. The van der Waals surface area contributed by atoms with Crippen molar-refractivity contribution in [3.63, 3.8) is 0 Å². The van der Waals surface area contributed by atoms with Crippen molar-refractivity contribution in [2.75, 3.05) is 0 Å². The molecule has 0 heterocycles. The Balaban J connectivity index is 2.05. The third kappa shape index (κ3) is 2.99. The quantitative estimate of drug-likeness (QED) is 0.563. The zero-order valence-corrected chi connectivity index (χ0v) is 10.8. The van der Waals surface area contributed by atoms with E-state index >= 15 is 0 Å². The predicted molar refractivity (Wildman–Crippen MR) is 71.4 cm³/mol.